The second kappa shape index (κ2) is 3.80. The summed E-state index contributed by atoms with van der Waals surface area (Å²) in [6.07, 6.45) is 1.29. The van der Waals surface area contributed by atoms with Crippen molar-refractivity contribution in [3.8, 4) is 0 Å². The highest BCUT2D eigenvalue weighted by Gasteiger charge is 2.37. The molecule has 0 aromatic rings. The van der Waals surface area contributed by atoms with Crippen LogP contribution in [0.25, 0.3) is 0 Å². The van der Waals surface area contributed by atoms with Crippen LogP contribution in [0, 0.1) is 11.8 Å². The standard InChI is InChI=1S/C11H21NO2/c1-8-6-10(9(8)2)12-7-11(3)13-4-5-14-11/h8-10,12H,4-7H2,1-3H3. The van der Waals surface area contributed by atoms with E-state index in [0.29, 0.717) is 6.04 Å². The molecule has 1 N–H and O–H groups in total. The molecule has 1 aliphatic carbocycles. The topological polar surface area (TPSA) is 30.5 Å². The lowest BCUT2D eigenvalue weighted by molar-refractivity contribution is -0.141. The molecule has 1 aliphatic heterocycles. The van der Waals surface area contributed by atoms with Crippen molar-refractivity contribution >= 4 is 0 Å². The molecule has 1 saturated heterocycles. The number of hydrogen-bond acceptors (Lipinski definition) is 3. The van der Waals surface area contributed by atoms with Crippen molar-refractivity contribution in [3.05, 3.63) is 0 Å². The predicted molar refractivity (Wildman–Crippen MR) is 55.0 cm³/mol. The monoisotopic (exact) mass is 199 g/mol. The first-order valence-electron chi connectivity index (χ1n) is 5.62. The molecule has 3 unspecified atom stereocenters. The zero-order chi connectivity index (χ0) is 10.2. The first kappa shape index (κ1) is 10.4. The molecule has 1 heterocycles. The van der Waals surface area contributed by atoms with Gasteiger partial charge in [0.1, 0.15) is 0 Å². The Morgan fingerprint density at radius 3 is 2.43 bits per heavy atom. The SMILES string of the molecule is CC1CC(NCC2(C)OCCO2)C1C. The average molecular weight is 199 g/mol. The van der Waals surface area contributed by atoms with E-state index < -0.39 is 0 Å². The van der Waals surface area contributed by atoms with Crippen molar-refractivity contribution < 1.29 is 9.47 Å². The molecule has 0 aromatic heterocycles. The number of rotatable bonds is 3. The van der Waals surface area contributed by atoms with Crippen molar-refractivity contribution in [3.63, 3.8) is 0 Å². The highest BCUT2D eigenvalue weighted by molar-refractivity contribution is 4.90. The zero-order valence-electron chi connectivity index (χ0n) is 9.38. The Hall–Kier alpha value is -0.120. The molecule has 1 saturated carbocycles. The molecule has 14 heavy (non-hydrogen) atoms. The summed E-state index contributed by atoms with van der Waals surface area (Å²) in [5, 5.41) is 3.53. The fourth-order valence-corrected chi connectivity index (χ4v) is 2.28. The van der Waals surface area contributed by atoms with Crippen LogP contribution in [0.2, 0.25) is 0 Å². The van der Waals surface area contributed by atoms with E-state index in [4.69, 9.17) is 9.47 Å². The highest BCUT2D eigenvalue weighted by atomic mass is 16.7. The Morgan fingerprint density at radius 2 is 1.93 bits per heavy atom. The second-order valence-electron chi connectivity index (χ2n) is 4.89. The third-order valence-corrected chi connectivity index (χ3v) is 3.74. The van der Waals surface area contributed by atoms with Crippen LogP contribution in [0.15, 0.2) is 0 Å². The molecule has 2 aliphatic rings. The first-order valence-corrected chi connectivity index (χ1v) is 5.62. The summed E-state index contributed by atoms with van der Waals surface area (Å²) in [5.74, 6) is 1.28. The van der Waals surface area contributed by atoms with Crippen LogP contribution in [0.1, 0.15) is 27.2 Å². The summed E-state index contributed by atoms with van der Waals surface area (Å²) in [6, 6.07) is 0.662. The van der Waals surface area contributed by atoms with Crippen LogP contribution < -0.4 is 5.32 Å². The molecule has 0 bridgehead atoms. The maximum absolute atomic E-state index is 5.54. The summed E-state index contributed by atoms with van der Waals surface area (Å²) in [7, 11) is 0. The van der Waals surface area contributed by atoms with E-state index in [0.717, 1.165) is 31.6 Å². The van der Waals surface area contributed by atoms with Gasteiger partial charge in [-0.25, -0.2) is 0 Å². The third kappa shape index (κ3) is 1.95. The van der Waals surface area contributed by atoms with Crippen molar-refractivity contribution in [2.75, 3.05) is 19.8 Å². The smallest absolute Gasteiger partial charge is 0.178 e. The Labute approximate surface area is 86.2 Å². The molecule has 3 nitrogen and oxygen atoms in total. The molecular weight excluding hydrogens is 178 g/mol. The summed E-state index contributed by atoms with van der Waals surface area (Å²) < 4.78 is 11.1. The van der Waals surface area contributed by atoms with Gasteiger partial charge in [-0.2, -0.15) is 0 Å². The van der Waals surface area contributed by atoms with Gasteiger partial charge in [-0.15, -0.1) is 0 Å². The fraction of sp³-hybridized carbons (Fsp3) is 1.00. The Balaban J connectivity index is 1.72. The van der Waals surface area contributed by atoms with Crippen molar-refractivity contribution in [1.82, 2.24) is 5.32 Å². The quantitative estimate of drug-likeness (QED) is 0.745. The molecule has 82 valence electrons. The summed E-state index contributed by atoms with van der Waals surface area (Å²) in [6.45, 7) is 8.91. The van der Waals surface area contributed by atoms with Gasteiger partial charge in [-0.05, 0) is 25.2 Å². The van der Waals surface area contributed by atoms with Crippen LogP contribution in [0.5, 0.6) is 0 Å². The Morgan fingerprint density at radius 1 is 1.29 bits per heavy atom. The van der Waals surface area contributed by atoms with Crippen LogP contribution in [-0.2, 0) is 9.47 Å². The molecule has 0 radical (unpaired) electrons. The van der Waals surface area contributed by atoms with E-state index >= 15 is 0 Å². The van der Waals surface area contributed by atoms with Gasteiger partial charge in [0.25, 0.3) is 0 Å². The van der Waals surface area contributed by atoms with Crippen LogP contribution in [0.3, 0.4) is 0 Å². The normalized spacial score (nSPS) is 40.9. The Kier molecular flexibility index (Phi) is 2.82. The maximum atomic E-state index is 5.54. The summed E-state index contributed by atoms with van der Waals surface area (Å²) in [4.78, 5) is 0. The van der Waals surface area contributed by atoms with E-state index in [1.165, 1.54) is 6.42 Å². The molecule has 0 aromatic carbocycles. The van der Waals surface area contributed by atoms with Crippen LogP contribution in [0.4, 0.5) is 0 Å². The number of hydrogen-bond donors (Lipinski definition) is 1. The first-order chi connectivity index (χ1) is 6.61. The average Bonchev–Trinajstić information content (AvgIpc) is 2.59. The van der Waals surface area contributed by atoms with Gasteiger partial charge in [-0.3, -0.25) is 0 Å². The van der Waals surface area contributed by atoms with E-state index in [-0.39, 0.29) is 5.79 Å². The van der Waals surface area contributed by atoms with Gasteiger partial charge in [0.15, 0.2) is 5.79 Å². The number of nitrogens with one attached hydrogen (secondary N) is 1. The van der Waals surface area contributed by atoms with Crippen LogP contribution in [-0.4, -0.2) is 31.6 Å². The largest absolute Gasteiger partial charge is 0.347 e. The van der Waals surface area contributed by atoms with E-state index in [9.17, 15) is 0 Å². The van der Waals surface area contributed by atoms with Crippen molar-refractivity contribution in [2.45, 2.75) is 39.0 Å². The minimum atomic E-state index is -0.376. The lowest BCUT2D eigenvalue weighted by Crippen LogP contribution is -2.52. The fourth-order valence-electron chi connectivity index (χ4n) is 2.28. The molecule has 2 rings (SSSR count). The zero-order valence-corrected chi connectivity index (χ0v) is 9.38. The highest BCUT2D eigenvalue weighted by Crippen LogP contribution is 2.34. The minimum absolute atomic E-state index is 0.376. The van der Waals surface area contributed by atoms with Gasteiger partial charge in [0.05, 0.1) is 13.2 Å². The Bertz CT molecular complexity index is 201. The second-order valence-corrected chi connectivity index (χ2v) is 4.89. The molecule has 3 atom stereocenters. The molecule has 0 spiro atoms. The van der Waals surface area contributed by atoms with Crippen LogP contribution >= 0.6 is 0 Å². The van der Waals surface area contributed by atoms with E-state index in [1.807, 2.05) is 6.92 Å². The van der Waals surface area contributed by atoms with Crippen molar-refractivity contribution in [2.24, 2.45) is 11.8 Å². The molecular formula is C11H21NO2. The molecule has 2 fully saturated rings. The van der Waals surface area contributed by atoms with Gasteiger partial charge < -0.3 is 14.8 Å². The third-order valence-electron chi connectivity index (χ3n) is 3.74. The predicted octanol–water partition coefficient (Wildman–Crippen LogP) is 1.38. The minimum Gasteiger partial charge on any atom is -0.347 e. The van der Waals surface area contributed by atoms with Gasteiger partial charge >= 0.3 is 0 Å². The lowest BCUT2D eigenvalue weighted by Gasteiger charge is -2.42. The molecule has 3 heteroatoms. The summed E-state index contributed by atoms with van der Waals surface area (Å²) >= 11 is 0. The maximum Gasteiger partial charge on any atom is 0.178 e. The van der Waals surface area contributed by atoms with E-state index in [2.05, 4.69) is 19.2 Å². The van der Waals surface area contributed by atoms with Gasteiger partial charge in [-0.1, -0.05) is 13.8 Å². The lowest BCUT2D eigenvalue weighted by atomic mass is 9.71. The van der Waals surface area contributed by atoms with E-state index in [1.54, 1.807) is 0 Å². The molecule has 0 amide bonds. The van der Waals surface area contributed by atoms with Gasteiger partial charge in [0, 0.05) is 12.6 Å². The van der Waals surface area contributed by atoms with Crippen molar-refractivity contribution in [1.29, 1.82) is 0 Å². The van der Waals surface area contributed by atoms with Gasteiger partial charge in [0.2, 0.25) is 0 Å². The number of ether oxygens (including phenoxy) is 2. The summed E-state index contributed by atoms with van der Waals surface area (Å²) in [5.41, 5.74) is 0.